The van der Waals surface area contributed by atoms with Crippen LogP contribution in [0, 0.1) is 0 Å². The molecule has 3 rings (SSSR count). The van der Waals surface area contributed by atoms with Crippen LogP contribution in [-0.4, -0.2) is 53.2 Å². The van der Waals surface area contributed by atoms with E-state index in [4.69, 9.17) is 9.47 Å². The van der Waals surface area contributed by atoms with Crippen molar-refractivity contribution in [3.8, 4) is 11.5 Å². The van der Waals surface area contributed by atoms with Gasteiger partial charge in [0.15, 0.2) is 6.61 Å². The van der Waals surface area contributed by atoms with Gasteiger partial charge < -0.3 is 24.3 Å². The van der Waals surface area contributed by atoms with Crippen LogP contribution >= 0.6 is 12.4 Å². The summed E-state index contributed by atoms with van der Waals surface area (Å²) in [6.45, 7) is 4.88. The topological polar surface area (TPSA) is 68.6 Å². The van der Waals surface area contributed by atoms with Gasteiger partial charge in [0.2, 0.25) is 0 Å². The predicted octanol–water partition coefficient (Wildman–Crippen LogP) is 2.18. The maximum absolute atomic E-state index is 12.7. The van der Waals surface area contributed by atoms with Gasteiger partial charge in [0.05, 0.1) is 6.61 Å². The van der Waals surface area contributed by atoms with E-state index in [9.17, 15) is 4.79 Å². The number of carbonyl (C=O) groups excluding carboxylic acids is 1. The minimum Gasteiger partial charge on any atom is -0.494 e. The summed E-state index contributed by atoms with van der Waals surface area (Å²) in [7, 11) is 1.94. The van der Waals surface area contributed by atoms with Crippen molar-refractivity contribution in [1.82, 2.24) is 19.8 Å². The number of halogens is 1. The molecule has 0 saturated carbocycles. The van der Waals surface area contributed by atoms with Crippen molar-refractivity contribution in [3.63, 3.8) is 0 Å². The van der Waals surface area contributed by atoms with Gasteiger partial charge in [-0.3, -0.25) is 4.79 Å². The number of nitrogens with one attached hydrogen (secondary N) is 1. The summed E-state index contributed by atoms with van der Waals surface area (Å²) >= 11 is 0. The summed E-state index contributed by atoms with van der Waals surface area (Å²) in [6, 6.07) is 7.29. The van der Waals surface area contributed by atoms with E-state index in [1.54, 1.807) is 6.20 Å². The number of carbonyl (C=O) groups is 1. The van der Waals surface area contributed by atoms with Gasteiger partial charge in [-0.25, -0.2) is 4.98 Å². The van der Waals surface area contributed by atoms with Crippen molar-refractivity contribution in [3.05, 3.63) is 42.5 Å². The van der Waals surface area contributed by atoms with Crippen LogP contribution in [0.25, 0.3) is 0 Å². The summed E-state index contributed by atoms with van der Waals surface area (Å²) < 4.78 is 13.2. The molecule has 27 heavy (non-hydrogen) atoms. The lowest BCUT2D eigenvalue weighted by Gasteiger charge is -2.35. The molecular formula is C19H27ClN4O3. The van der Waals surface area contributed by atoms with Crippen LogP contribution in [0.1, 0.15) is 25.2 Å². The van der Waals surface area contributed by atoms with Crippen molar-refractivity contribution in [2.24, 2.45) is 7.05 Å². The van der Waals surface area contributed by atoms with E-state index < -0.39 is 0 Å². The minimum absolute atomic E-state index is 0. The molecule has 1 aromatic heterocycles. The molecule has 2 heterocycles. The van der Waals surface area contributed by atoms with Crippen LogP contribution in [0.2, 0.25) is 0 Å². The van der Waals surface area contributed by atoms with Crippen LogP contribution in [0.4, 0.5) is 0 Å². The molecule has 1 amide bonds. The molecule has 1 fully saturated rings. The SMILES string of the molecule is CCCOc1ccc(OCC(=O)N2CCNCC2c2nccn2C)cc1.Cl. The predicted molar refractivity (Wildman–Crippen MR) is 106 cm³/mol. The second-order valence-corrected chi connectivity index (χ2v) is 6.31. The number of aryl methyl sites for hydroxylation is 1. The molecule has 0 bridgehead atoms. The van der Waals surface area contributed by atoms with E-state index in [0.29, 0.717) is 25.4 Å². The first kappa shape index (κ1) is 21.1. The molecule has 1 unspecified atom stereocenters. The molecule has 1 saturated heterocycles. The van der Waals surface area contributed by atoms with Crippen molar-refractivity contribution in [1.29, 1.82) is 0 Å². The van der Waals surface area contributed by atoms with Crippen molar-refractivity contribution < 1.29 is 14.3 Å². The van der Waals surface area contributed by atoms with Gasteiger partial charge in [-0.2, -0.15) is 0 Å². The van der Waals surface area contributed by atoms with Gasteiger partial charge in [-0.1, -0.05) is 6.92 Å². The van der Waals surface area contributed by atoms with Gasteiger partial charge in [0.25, 0.3) is 5.91 Å². The summed E-state index contributed by atoms with van der Waals surface area (Å²) in [6.07, 6.45) is 4.62. The Balaban J connectivity index is 0.00000261. The molecule has 0 radical (unpaired) electrons. The zero-order valence-electron chi connectivity index (χ0n) is 15.8. The summed E-state index contributed by atoms with van der Waals surface area (Å²) in [5, 5.41) is 3.33. The number of hydrogen-bond acceptors (Lipinski definition) is 5. The largest absolute Gasteiger partial charge is 0.494 e. The number of imidazole rings is 1. The highest BCUT2D eigenvalue weighted by Gasteiger charge is 2.30. The number of amides is 1. The maximum Gasteiger partial charge on any atom is 0.261 e. The van der Waals surface area contributed by atoms with Crippen molar-refractivity contribution in [2.75, 3.05) is 32.8 Å². The Bertz CT molecular complexity index is 720. The highest BCUT2D eigenvalue weighted by Crippen LogP contribution is 2.22. The third-order valence-electron chi connectivity index (χ3n) is 4.38. The molecule has 0 spiro atoms. The minimum atomic E-state index is -0.0790. The zero-order valence-corrected chi connectivity index (χ0v) is 16.6. The third kappa shape index (κ3) is 5.37. The molecule has 1 aromatic carbocycles. The molecule has 1 N–H and O–H groups in total. The third-order valence-corrected chi connectivity index (χ3v) is 4.38. The Labute approximate surface area is 166 Å². The monoisotopic (exact) mass is 394 g/mol. The Hall–Kier alpha value is -2.25. The first-order valence-corrected chi connectivity index (χ1v) is 9.02. The Morgan fingerprint density at radius 3 is 2.59 bits per heavy atom. The van der Waals surface area contributed by atoms with Gasteiger partial charge in [-0.15, -0.1) is 12.4 Å². The zero-order chi connectivity index (χ0) is 18.4. The summed E-state index contributed by atoms with van der Waals surface area (Å²) in [5.74, 6) is 2.31. The van der Waals surface area contributed by atoms with Gasteiger partial charge in [-0.05, 0) is 30.7 Å². The summed E-state index contributed by atoms with van der Waals surface area (Å²) in [5.41, 5.74) is 0. The Morgan fingerprint density at radius 2 is 1.96 bits per heavy atom. The highest BCUT2D eigenvalue weighted by atomic mass is 35.5. The first-order valence-electron chi connectivity index (χ1n) is 9.02. The number of ether oxygens (including phenoxy) is 2. The lowest BCUT2D eigenvalue weighted by molar-refractivity contribution is -0.137. The Kier molecular flexibility index (Phi) is 7.94. The molecule has 0 aliphatic carbocycles. The first-order chi connectivity index (χ1) is 12.7. The molecule has 148 valence electrons. The summed E-state index contributed by atoms with van der Waals surface area (Å²) in [4.78, 5) is 19.0. The fourth-order valence-corrected chi connectivity index (χ4v) is 3.01. The number of nitrogens with zero attached hydrogens (tertiary/aromatic N) is 3. The molecule has 1 aliphatic rings. The van der Waals surface area contributed by atoms with Crippen LogP contribution < -0.4 is 14.8 Å². The average Bonchev–Trinajstić information content (AvgIpc) is 3.11. The molecule has 1 aliphatic heterocycles. The number of hydrogen-bond donors (Lipinski definition) is 1. The smallest absolute Gasteiger partial charge is 0.261 e. The fraction of sp³-hybridized carbons (Fsp3) is 0.474. The highest BCUT2D eigenvalue weighted by molar-refractivity contribution is 5.85. The van der Waals surface area contributed by atoms with Crippen molar-refractivity contribution >= 4 is 18.3 Å². The van der Waals surface area contributed by atoms with Gasteiger partial charge in [0, 0.05) is 39.1 Å². The van der Waals surface area contributed by atoms with Crippen LogP contribution in [0.15, 0.2) is 36.7 Å². The number of benzene rings is 1. The number of rotatable bonds is 7. The number of piperazine rings is 1. The van der Waals surface area contributed by atoms with E-state index >= 15 is 0 Å². The van der Waals surface area contributed by atoms with E-state index in [1.165, 1.54) is 0 Å². The van der Waals surface area contributed by atoms with E-state index in [-0.39, 0.29) is 31.0 Å². The molecule has 1 atom stereocenters. The van der Waals surface area contributed by atoms with E-state index in [1.807, 2.05) is 47.0 Å². The second kappa shape index (κ2) is 10.2. The average molecular weight is 395 g/mol. The molecular weight excluding hydrogens is 368 g/mol. The molecule has 8 heteroatoms. The Morgan fingerprint density at radius 1 is 1.26 bits per heavy atom. The maximum atomic E-state index is 12.7. The van der Waals surface area contributed by atoms with E-state index in [0.717, 1.165) is 24.5 Å². The second-order valence-electron chi connectivity index (χ2n) is 6.31. The lowest BCUT2D eigenvalue weighted by Crippen LogP contribution is -2.50. The molecule has 2 aromatic rings. The lowest BCUT2D eigenvalue weighted by atomic mass is 10.1. The van der Waals surface area contributed by atoms with Crippen molar-refractivity contribution in [2.45, 2.75) is 19.4 Å². The van der Waals surface area contributed by atoms with E-state index in [2.05, 4.69) is 17.2 Å². The standard InChI is InChI=1S/C19H26N4O3.ClH/c1-3-12-25-15-4-6-16(7-5-15)26-14-18(24)23-11-8-20-13-17(23)19-21-9-10-22(19)2;/h4-7,9-10,17,20H,3,8,11-14H2,1-2H3;1H. The van der Waals surface area contributed by atoms with Crippen LogP contribution in [-0.2, 0) is 11.8 Å². The quantitative estimate of drug-likeness (QED) is 0.779. The normalized spacial score (nSPS) is 16.5. The van der Waals surface area contributed by atoms with Gasteiger partial charge >= 0.3 is 0 Å². The number of aromatic nitrogens is 2. The fourth-order valence-electron chi connectivity index (χ4n) is 3.01. The van der Waals surface area contributed by atoms with Gasteiger partial charge in [0.1, 0.15) is 23.4 Å². The van der Waals surface area contributed by atoms with Crippen LogP contribution in [0.5, 0.6) is 11.5 Å². The molecule has 7 nitrogen and oxygen atoms in total. The van der Waals surface area contributed by atoms with Crippen LogP contribution in [0.3, 0.4) is 0 Å².